The van der Waals surface area contributed by atoms with Gasteiger partial charge in [-0.2, -0.15) is 0 Å². The molecule has 0 saturated heterocycles. The highest BCUT2D eigenvalue weighted by Crippen LogP contribution is 2.20. The first kappa shape index (κ1) is 22.3. The van der Waals surface area contributed by atoms with Gasteiger partial charge in [0.2, 0.25) is 5.91 Å². The average Bonchev–Trinajstić information content (AvgIpc) is 2.53. The van der Waals surface area contributed by atoms with Crippen LogP contribution in [0.1, 0.15) is 48.0 Å². The molecule has 1 aromatic carbocycles. The van der Waals surface area contributed by atoms with Crippen LogP contribution >= 0.6 is 11.8 Å². The molecule has 0 bridgehead atoms. The number of hydrogen-bond acceptors (Lipinski definition) is 4. The second kappa shape index (κ2) is 11.0. The monoisotopic (exact) mass is 354 g/mol. The molecule has 0 aliphatic carbocycles. The third kappa shape index (κ3) is 8.82. The Morgan fingerprint density at radius 3 is 2.12 bits per heavy atom. The van der Waals surface area contributed by atoms with Crippen LogP contribution in [-0.2, 0) is 4.79 Å². The molecule has 1 atom stereocenters. The number of nitrogens with one attached hydrogen (secondary N) is 2. The molecule has 0 heterocycles. The van der Waals surface area contributed by atoms with Gasteiger partial charge in [0.15, 0.2) is 0 Å². The fourth-order valence-electron chi connectivity index (χ4n) is 1.68. The predicted molar refractivity (Wildman–Crippen MR) is 103 cm³/mol. The van der Waals surface area contributed by atoms with Crippen molar-refractivity contribution in [2.75, 3.05) is 12.4 Å². The molecule has 5 nitrogen and oxygen atoms in total. The van der Waals surface area contributed by atoms with E-state index in [2.05, 4.69) is 10.6 Å². The highest BCUT2D eigenvalue weighted by Gasteiger charge is 2.23. The van der Waals surface area contributed by atoms with Crippen LogP contribution < -0.4 is 15.4 Å². The van der Waals surface area contributed by atoms with Crippen molar-refractivity contribution in [3.8, 4) is 5.75 Å². The van der Waals surface area contributed by atoms with E-state index in [1.54, 1.807) is 31.4 Å². The summed E-state index contributed by atoms with van der Waals surface area (Å²) in [6, 6.07) is 7.08. The molecular formula is C18H30N2O3S. The second-order valence-electron chi connectivity index (χ2n) is 5.89. The lowest BCUT2D eigenvalue weighted by molar-refractivity contribution is -0.115. The van der Waals surface area contributed by atoms with Gasteiger partial charge in [0, 0.05) is 11.2 Å². The van der Waals surface area contributed by atoms with Crippen molar-refractivity contribution >= 4 is 28.6 Å². The largest absolute Gasteiger partial charge is 0.497 e. The normalized spacial score (nSPS) is 11.6. The Morgan fingerprint density at radius 1 is 1.17 bits per heavy atom. The Hall–Kier alpha value is -1.69. The first-order chi connectivity index (χ1) is 11.2. The Bertz CT molecular complexity index is 510. The summed E-state index contributed by atoms with van der Waals surface area (Å²) in [7, 11) is 1.59. The Morgan fingerprint density at radius 2 is 1.71 bits per heavy atom. The number of rotatable bonds is 5. The summed E-state index contributed by atoms with van der Waals surface area (Å²) in [6.45, 7) is 11.6. The van der Waals surface area contributed by atoms with Crippen molar-refractivity contribution in [1.29, 1.82) is 0 Å². The van der Waals surface area contributed by atoms with Gasteiger partial charge in [-0.15, -0.1) is 0 Å². The number of benzene rings is 1. The molecule has 0 aromatic heterocycles. The van der Waals surface area contributed by atoms with Crippen molar-refractivity contribution < 1.29 is 14.3 Å². The zero-order valence-corrected chi connectivity index (χ0v) is 16.5. The number of ether oxygens (including phenoxy) is 1. The SMILES string of the molecule is CC.CCC(SC(=O)NC(C)(C)C)C(=O)Nc1ccc(OC)cc1. The quantitative estimate of drug-likeness (QED) is 0.805. The van der Waals surface area contributed by atoms with Crippen LogP contribution in [0.25, 0.3) is 0 Å². The smallest absolute Gasteiger partial charge is 0.280 e. The van der Waals surface area contributed by atoms with E-state index in [9.17, 15) is 9.59 Å². The maximum Gasteiger partial charge on any atom is 0.280 e. The molecular weight excluding hydrogens is 324 g/mol. The van der Waals surface area contributed by atoms with E-state index in [-0.39, 0.29) is 16.7 Å². The molecule has 24 heavy (non-hydrogen) atoms. The minimum absolute atomic E-state index is 0.179. The number of carbonyl (C=O) groups is 2. The van der Waals surface area contributed by atoms with Gasteiger partial charge in [-0.3, -0.25) is 9.59 Å². The number of hydrogen-bond donors (Lipinski definition) is 2. The van der Waals surface area contributed by atoms with E-state index in [0.717, 1.165) is 17.5 Å². The lowest BCUT2D eigenvalue weighted by Crippen LogP contribution is -2.40. The Kier molecular flexibility index (Phi) is 10.2. The molecule has 2 N–H and O–H groups in total. The number of anilines is 1. The van der Waals surface area contributed by atoms with Crippen molar-refractivity contribution in [2.45, 2.75) is 58.8 Å². The van der Waals surface area contributed by atoms with Gasteiger partial charge >= 0.3 is 0 Å². The van der Waals surface area contributed by atoms with Crippen LogP contribution in [0.3, 0.4) is 0 Å². The van der Waals surface area contributed by atoms with E-state index in [1.807, 2.05) is 41.5 Å². The van der Waals surface area contributed by atoms with Crippen LogP contribution in [0.15, 0.2) is 24.3 Å². The molecule has 0 saturated carbocycles. The highest BCUT2D eigenvalue weighted by molar-refractivity contribution is 8.14. The zero-order valence-electron chi connectivity index (χ0n) is 15.7. The molecule has 6 heteroatoms. The number of carbonyl (C=O) groups excluding carboxylic acids is 2. The molecule has 0 aliphatic heterocycles. The summed E-state index contributed by atoms with van der Waals surface area (Å²) < 4.78 is 5.07. The number of thioether (sulfide) groups is 1. The van der Waals surface area contributed by atoms with Gasteiger partial charge < -0.3 is 15.4 Å². The van der Waals surface area contributed by atoms with E-state index in [4.69, 9.17) is 4.74 Å². The van der Waals surface area contributed by atoms with Gasteiger partial charge in [-0.25, -0.2) is 0 Å². The zero-order chi connectivity index (χ0) is 18.8. The number of amides is 2. The second-order valence-corrected chi connectivity index (χ2v) is 7.07. The van der Waals surface area contributed by atoms with Crippen LogP contribution in [0.4, 0.5) is 10.5 Å². The summed E-state index contributed by atoms with van der Waals surface area (Å²) in [5.41, 5.74) is 0.371. The first-order valence-corrected chi connectivity index (χ1v) is 9.07. The van der Waals surface area contributed by atoms with E-state index < -0.39 is 5.25 Å². The average molecular weight is 355 g/mol. The van der Waals surface area contributed by atoms with E-state index >= 15 is 0 Å². The van der Waals surface area contributed by atoms with Gasteiger partial charge in [-0.05, 0) is 51.5 Å². The molecule has 0 fully saturated rings. The van der Waals surface area contributed by atoms with Crippen molar-refractivity contribution in [1.82, 2.24) is 5.32 Å². The van der Waals surface area contributed by atoms with Crippen LogP contribution in [-0.4, -0.2) is 29.0 Å². The first-order valence-electron chi connectivity index (χ1n) is 8.19. The fraction of sp³-hybridized carbons (Fsp3) is 0.556. The summed E-state index contributed by atoms with van der Waals surface area (Å²) in [5.74, 6) is 0.547. The molecule has 1 unspecified atom stereocenters. The minimum Gasteiger partial charge on any atom is -0.497 e. The maximum atomic E-state index is 12.3. The number of methoxy groups -OCH3 is 1. The molecule has 1 rings (SSSR count). The predicted octanol–water partition coefficient (Wildman–Crippen LogP) is 4.68. The van der Waals surface area contributed by atoms with Gasteiger partial charge in [0.05, 0.1) is 12.4 Å². The van der Waals surface area contributed by atoms with Crippen molar-refractivity contribution in [3.63, 3.8) is 0 Å². The standard InChI is InChI=1S/C16H24N2O3S.C2H6/c1-6-13(22-15(20)18-16(2,3)4)14(19)17-11-7-9-12(21-5)10-8-11;1-2/h7-10,13H,6H2,1-5H3,(H,17,19)(H,18,20);1-2H3. The Labute approximate surface area is 149 Å². The van der Waals surface area contributed by atoms with E-state index in [0.29, 0.717) is 12.1 Å². The maximum absolute atomic E-state index is 12.3. The lowest BCUT2D eigenvalue weighted by atomic mass is 10.1. The third-order valence-electron chi connectivity index (χ3n) is 2.75. The molecule has 2 amide bonds. The van der Waals surface area contributed by atoms with Gasteiger partial charge in [0.25, 0.3) is 5.24 Å². The van der Waals surface area contributed by atoms with Crippen LogP contribution in [0.5, 0.6) is 5.75 Å². The summed E-state index contributed by atoms with van der Waals surface area (Å²) in [4.78, 5) is 24.2. The molecule has 136 valence electrons. The van der Waals surface area contributed by atoms with Crippen LogP contribution in [0.2, 0.25) is 0 Å². The van der Waals surface area contributed by atoms with Gasteiger partial charge in [-0.1, -0.05) is 32.5 Å². The van der Waals surface area contributed by atoms with Gasteiger partial charge in [0.1, 0.15) is 5.75 Å². The summed E-state index contributed by atoms with van der Waals surface area (Å²) in [6.07, 6.45) is 0.574. The Balaban J connectivity index is 0.00000254. The van der Waals surface area contributed by atoms with Crippen molar-refractivity contribution in [2.24, 2.45) is 0 Å². The highest BCUT2D eigenvalue weighted by atomic mass is 32.2. The molecule has 0 radical (unpaired) electrons. The summed E-state index contributed by atoms with van der Waals surface area (Å²) in [5, 5.41) is 5.05. The topological polar surface area (TPSA) is 67.4 Å². The third-order valence-corrected chi connectivity index (χ3v) is 3.90. The van der Waals surface area contributed by atoms with Crippen LogP contribution in [0, 0.1) is 0 Å². The van der Waals surface area contributed by atoms with E-state index in [1.165, 1.54) is 0 Å². The fourth-order valence-corrected chi connectivity index (χ4v) is 2.64. The lowest BCUT2D eigenvalue weighted by Gasteiger charge is -2.22. The minimum atomic E-state index is -0.426. The molecule has 0 spiro atoms. The molecule has 0 aliphatic rings. The summed E-state index contributed by atoms with van der Waals surface area (Å²) >= 11 is 1.02. The van der Waals surface area contributed by atoms with Crippen molar-refractivity contribution in [3.05, 3.63) is 24.3 Å². The molecule has 1 aromatic rings.